The molecule has 1 aromatic heterocycles. The van der Waals surface area contributed by atoms with E-state index in [1.165, 1.54) is 4.68 Å². The lowest BCUT2D eigenvalue weighted by molar-refractivity contribution is 0.111. The lowest BCUT2D eigenvalue weighted by atomic mass is 10.5. The van der Waals surface area contributed by atoms with Gasteiger partial charge in [-0.1, -0.05) is 7.43 Å². The van der Waals surface area contributed by atoms with E-state index < -0.39 is 0 Å². The predicted molar refractivity (Wildman–Crippen MR) is 35.3 cm³/mol. The van der Waals surface area contributed by atoms with Crippen molar-refractivity contribution in [1.82, 2.24) is 9.78 Å². The van der Waals surface area contributed by atoms with Crippen LogP contribution in [0, 0.1) is 0 Å². The fourth-order valence-corrected chi connectivity index (χ4v) is 0.500. The van der Waals surface area contributed by atoms with Crippen LogP contribution in [-0.2, 0) is 7.05 Å². The van der Waals surface area contributed by atoms with E-state index in [-0.39, 0.29) is 7.43 Å². The molecule has 9 heavy (non-hydrogen) atoms. The van der Waals surface area contributed by atoms with Crippen molar-refractivity contribution < 1.29 is 4.79 Å². The Kier molecular flexibility index (Phi) is 2.64. The Morgan fingerprint density at radius 2 is 2.44 bits per heavy atom. The summed E-state index contributed by atoms with van der Waals surface area (Å²) in [5, 5.41) is 3.77. The minimum Gasteiger partial charge on any atom is -0.296 e. The number of hydrogen-bond donors (Lipinski definition) is 0. The second-order valence-electron chi connectivity index (χ2n) is 1.50. The summed E-state index contributed by atoms with van der Waals surface area (Å²) in [6.07, 6.45) is 2.36. The maximum atomic E-state index is 10.0. The number of nitrogens with zero attached hydrogens (tertiary/aromatic N) is 2. The fraction of sp³-hybridized carbons (Fsp3) is 0.333. The van der Waals surface area contributed by atoms with Crippen LogP contribution in [0.5, 0.6) is 0 Å². The van der Waals surface area contributed by atoms with Crippen LogP contribution < -0.4 is 0 Å². The number of aromatic nitrogens is 2. The molecule has 1 rings (SSSR count). The van der Waals surface area contributed by atoms with E-state index in [9.17, 15) is 4.79 Å². The van der Waals surface area contributed by atoms with Crippen molar-refractivity contribution in [2.24, 2.45) is 7.05 Å². The van der Waals surface area contributed by atoms with E-state index >= 15 is 0 Å². The van der Waals surface area contributed by atoms with Gasteiger partial charge in [-0.05, 0) is 6.07 Å². The lowest BCUT2D eigenvalue weighted by Crippen LogP contribution is -1.94. The average molecular weight is 126 g/mol. The molecule has 0 N–H and O–H groups in total. The molecule has 3 heteroatoms. The second kappa shape index (κ2) is 3.02. The van der Waals surface area contributed by atoms with Gasteiger partial charge in [0.2, 0.25) is 0 Å². The standard InChI is InChI=1S/C5H6N2O.CH4/c1-7-5(4-8)2-3-6-7;/h2-4H,1H3;1H4. The first-order valence-electron chi connectivity index (χ1n) is 2.28. The number of carbonyl (C=O) groups is 1. The van der Waals surface area contributed by atoms with Gasteiger partial charge in [0, 0.05) is 13.2 Å². The van der Waals surface area contributed by atoms with Gasteiger partial charge in [0.1, 0.15) is 5.69 Å². The Hall–Kier alpha value is -1.12. The van der Waals surface area contributed by atoms with Crippen molar-refractivity contribution in [1.29, 1.82) is 0 Å². The summed E-state index contributed by atoms with van der Waals surface area (Å²) in [7, 11) is 1.73. The van der Waals surface area contributed by atoms with Crippen LogP contribution in [-0.4, -0.2) is 16.1 Å². The third-order valence-electron chi connectivity index (χ3n) is 0.980. The van der Waals surface area contributed by atoms with Crippen molar-refractivity contribution in [3.8, 4) is 0 Å². The molecule has 0 amide bonds. The summed E-state index contributed by atoms with van der Waals surface area (Å²) in [4.78, 5) is 10.0. The number of hydrogen-bond acceptors (Lipinski definition) is 2. The van der Waals surface area contributed by atoms with Crippen LogP contribution in [0.2, 0.25) is 0 Å². The van der Waals surface area contributed by atoms with E-state index in [2.05, 4.69) is 5.10 Å². The fourth-order valence-electron chi connectivity index (χ4n) is 0.500. The average Bonchev–Trinajstić information content (AvgIpc) is 2.14. The van der Waals surface area contributed by atoms with Gasteiger partial charge in [-0.2, -0.15) is 5.10 Å². The molecule has 0 saturated heterocycles. The monoisotopic (exact) mass is 126 g/mol. The van der Waals surface area contributed by atoms with Crippen molar-refractivity contribution >= 4 is 6.29 Å². The van der Waals surface area contributed by atoms with E-state index in [1.54, 1.807) is 19.3 Å². The van der Waals surface area contributed by atoms with Crippen LogP contribution in [0.4, 0.5) is 0 Å². The Balaban J connectivity index is 0.000000640. The molecule has 0 spiro atoms. The van der Waals surface area contributed by atoms with E-state index in [1.807, 2.05) is 0 Å². The van der Waals surface area contributed by atoms with E-state index in [0.717, 1.165) is 6.29 Å². The molecule has 0 atom stereocenters. The zero-order valence-corrected chi connectivity index (χ0v) is 4.53. The molecule has 0 fully saturated rings. The SMILES string of the molecule is C.Cn1nccc1C=O. The smallest absolute Gasteiger partial charge is 0.168 e. The molecule has 0 aromatic carbocycles. The van der Waals surface area contributed by atoms with Crippen molar-refractivity contribution in [3.63, 3.8) is 0 Å². The third-order valence-corrected chi connectivity index (χ3v) is 0.980. The Morgan fingerprint density at radius 3 is 2.67 bits per heavy atom. The largest absolute Gasteiger partial charge is 0.296 e. The van der Waals surface area contributed by atoms with Crippen molar-refractivity contribution in [2.75, 3.05) is 0 Å². The number of aldehydes is 1. The Labute approximate surface area is 54.3 Å². The van der Waals surface area contributed by atoms with Gasteiger partial charge in [-0.15, -0.1) is 0 Å². The first-order chi connectivity index (χ1) is 3.84. The molecule has 3 nitrogen and oxygen atoms in total. The number of carbonyl (C=O) groups excluding carboxylic acids is 1. The van der Waals surface area contributed by atoms with E-state index in [4.69, 9.17) is 0 Å². The molecule has 1 heterocycles. The zero-order chi connectivity index (χ0) is 5.98. The normalized spacial score (nSPS) is 8.11. The van der Waals surface area contributed by atoms with Gasteiger partial charge in [0.05, 0.1) is 0 Å². The zero-order valence-electron chi connectivity index (χ0n) is 4.53. The molecule has 1 aromatic rings. The van der Waals surface area contributed by atoms with Crippen LogP contribution in [0.3, 0.4) is 0 Å². The van der Waals surface area contributed by atoms with E-state index in [0.29, 0.717) is 5.69 Å². The highest BCUT2D eigenvalue weighted by Crippen LogP contribution is 1.88. The first kappa shape index (κ1) is 7.88. The quantitative estimate of drug-likeness (QED) is 0.523. The molecular weight excluding hydrogens is 116 g/mol. The molecule has 0 aliphatic heterocycles. The Morgan fingerprint density at radius 1 is 1.78 bits per heavy atom. The van der Waals surface area contributed by atoms with Crippen molar-refractivity contribution in [2.45, 2.75) is 7.43 Å². The molecule has 0 saturated carbocycles. The minimum atomic E-state index is 0. The van der Waals surface area contributed by atoms with Crippen LogP contribution >= 0.6 is 0 Å². The minimum absolute atomic E-state index is 0. The molecule has 0 unspecified atom stereocenters. The van der Waals surface area contributed by atoms with Gasteiger partial charge in [-0.3, -0.25) is 9.48 Å². The molecule has 0 aliphatic carbocycles. The second-order valence-corrected chi connectivity index (χ2v) is 1.50. The number of rotatable bonds is 1. The Bertz CT molecular complexity index is 193. The van der Waals surface area contributed by atoms with Crippen LogP contribution in [0.1, 0.15) is 17.9 Å². The van der Waals surface area contributed by atoms with Gasteiger partial charge >= 0.3 is 0 Å². The third kappa shape index (κ3) is 1.38. The molecule has 0 aliphatic rings. The molecular formula is C6H10N2O. The van der Waals surface area contributed by atoms with Gasteiger partial charge < -0.3 is 0 Å². The highest BCUT2D eigenvalue weighted by Gasteiger charge is 1.90. The lowest BCUT2D eigenvalue weighted by Gasteiger charge is -1.86. The van der Waals surface area contributed by atoms with Gasteiger partial charge in [0.15, 0.2) is 6.29 Å². The summed E-state index contributed by atoms with van der Waals surface area (Å²) >= 11 is 0. The van der Waals surface area contributed by atoms with Crippen molar-refractivity contribution in [3.05, 3.63) is 18.0 Å². The van der Waals surface area contributed by atoms with Crippen LogP contribution in [0.25, 0.3) is 0 Å². The topological polar surface area (TPSA) is 34.9 Å². The summed E-state index contributed by atoms with van der Waals surface area (Å²) < 4.78 is 1.52. The van der Waals surface area contributed by atoms with Crippen LogP contribution in [0.15, 0.2) is 12.3 Å². The molecule has 0 bridgehead atoms. The maximum absolute atomic E-state index is 10.0. The highest BCUT2D eigenvalue weighted by atomic mass is 16.1. The first-order valence-corrected chi connectivity index (χ1v) is 2.28. The summed E-state index contributed by atoms with van der Waals surface area (Å²) in [5.41, 5.74) is 0.602. The summed E-state index contributed by atoms with van der Waals surface area (Å²) in [6, 6.07) is 1.66. The molecule has 0 radical (unpaired) electrons. The maximum Gasteiger partial charge on any atom is 0.168 e. The predicted octanol–water partition coefficient (Wildman–Crippen LogP) is 0.869. The summed E-state index contributed by atoms with van der Waals surface area (Å²) in [5.74, 6) is 0. The van der Waals surface area contributed by atoms with Gasteiger partial charge in [0.25, 0.3) is 0 Å². The number of aryl methyl sites for hydroxylation is 1. The van der Waals surface area contributed by atoms with Gasteiger partial charge in [-0.25, -0.2) is 0 Å². The molecule has 50 valence electrons. The summed E-state index contributed by atoms with van der Waals surface area (Å²) in [6.45, 7) is 0. The highest BCUT2D eigenvalue weighted by molar-refractivity contribution is 5.71.